The third-order valence-electron chi connectivity index (χ3n) is 3.55. The normalized spacial score (nSPS) is 11.8. The van der Waals surface area contributed by atoms with E-state index in [9.17, 15) is 21.6 Å². The Balaban J connectivity index is 0.000000345. The van der Waals surface area contributed by atoms with Crippen molar-refractivity contribution >= 4 is 43.7 Å². The number of rotatable bonds is 3. The Morgan fingerprint density at radius 2 is 1.71 bits per heavy atom. The van der Waals surface area contributed by atoms with Crippen LogP contribution in [-0.2, 0) is 21.4 Å². The molecule has 0 aliphatic carbocycles. The molecule has 28 heavy (non-hydrogen) atoms. The molecule has 3 rings (SSSR count). The lowest BCUT2D eigenvalue weighted by Crippen LogP contribution is -2.37. The zero-order valence-electron chi connectivity index (χ0n) is 14.8. The van der Waals surface area contributed by atoms with Gasteiger partial charge in [0, 0.05) is 12.1 Å². The molecular formula is C17H16F3N3O4S. The fourth-order valence-electron chi connectivity index (χ4n) is 2.53. The van der Waals surface area contributed by atoms with Crippen LogP contribution in [0.15, 0.2) is 42.5 Å². The first kappa shape index (κ1) is 21.4. The molecule has 0 aliphatic heterocycles. The van der Waals surface area contributed by atoms with E-state index in [0.717, 1.165) is 29.4 Å². The molecule has 1 aromatic heterocycles. The molecule has 0 aliphatic rings. The van der Waals surface area contributed by atoms with Crippen LogP contribution < -0.4 is 14.4 Å². The highest BCUT2D eigenvalue weighted by Gasteiger charge is 2.28. The number of aliphatic carboxylic acids is 1. The molecule has 7 nitrogen and oxygen atoms in total. The van der Waals surface area contributed by atoms with Crippen molar-refractivity contribution in [2.45, 2.75) is 19.6 Å². The minimum atomic E-state index is -5.19. The monoisotopic (exact) mass is 415 g/mol. The van der Waals surface area contributed by atoms with E-state index in [4.69, 9.17) is 9.90 Å². The number of anilines is 1. The fraction of sp³-hybridized carbons (Fsp3) is 0.235. The van der Waals surface area contributed by atoms with Gasteiger partial charge in [0.2, 0.25) is 21.1 Å². The van der Waals surface area contributed by atoms with Crippen molar-refractivity contribution in [2.75, 3.05) is 11.0 Å². The lowest BCUT2D eigenvalue weighted by molar-refractivity contribution is -0.641. The molecule has 0 saturated carbocycles. The van der Waals surface area contributed by atoms with Gasteiger partial charge in [-0.2, -0.15) is 17.7 Å². The highest BCUT2D eigenvalue weighted by atomic mass is 32.2. The van der Waals surface area contributed by atoms with Gasteiger partial charge < -0.3 is 9.90 Å². The molecule has 150 valence electrons. The number of hydrogen-bond donors (Lipinski definition) is 1. The first-order valence-corrected chi connectivity index (χ1v) is 9.80. The summed E-state index contributed by atoms with van der Waals surface area (Å²) in [6, 6.07) is 13.4. The molecule has 0 fully saturated rings. The molecule has 0 saturated heterocycles. The van der Waals surface area contributed by atoms with Crippen LogP contribution in [0, 0.1) is 0 Å². The third kappa shape index (κ3) is 5.06. The van der Waals surface area contributed by atoms with Gasteiger partial charge >= 0.3 is 6.18 Å². The number of nitrogens with one attached hydrogen (secondary N) is 1. The number of carbonyl (C=O) groups is 1. The van der Waals surface area contributed by atoms with Crippen LogP contribution >= 0.6 is 0 Å². The summed E-state index contributed by atoms with van der Waals surface area (Å²) in [6.45, 7) is 2.84. The number of nitrogens with zero attached hydrogens (tertiary/aromatic N) is 2. The van der Waals surface area contributed by atoms with Gasteiger partial charge in [0.1, 0.15) is 18.0 Å². The number of halogens is 3. The minimum absolute atomic E-state index is 0.503. The lowest BCUT2D eigenvalue weighted by atomic mass is 10.2. The summed E-state index contributed by atoms with van der Waals surface area (Å²) >= 11 is 0. The van der Waals surface area contributed by atoms with Crippen molar-refractivity contribution in [1.82, 2.24) is 4.98 Å². The molecule has 0 unspecified atom stereocenters. The number of fused-ring (bicyclic) bond motifs is 2. The number of sulfonamides is 1. The van der Waals surface area contributed by atoms with Gasteiger partial charge in [-0.3, -0.25) is 4.72 Å². The molecule has 3 aromatic rings. The number of hydrogen-bond acceptors (Lipinski definition) is 5. The first-order chi connectivity index (χ1) is 12.9. The average molecular weight is 415 g/mol. The van der Waals surface area contributed by atoms with E-state index in [1.54, 1.807) is 6.07 Å². The molecule has 1 N–H and O–H groups in total. The van der Waals surface area contributed by atoms with Gasteiger partial charge in [0.25, 0.3) is 0 Å². The number of para-hydroxylation sites is 3. The van der Waals surface area contributed by atoms with Crippen LogP contribution in [0.5, 0.6) is 0 Å². The Kier molecular flexibility index (Phi) is 6.07. The van der Waals surface area contributed by atoms with Gasteiger partial charge in [-0.05, 0) is 19.1 Å². The van der Waals surface area contributed by atoms with Gasteiger partial charge in [-0.25, -0.2) is 13.4 Å². The number of aromatic nitrogens is 2. The van der Waals surface area contributed by atoms with Crippen LogP contribution in [0.4, 0.5) is 18.9 Å². The maximum atomic E-state index is 11.5. The zero-order valence-corrected chi connectivity index (χ0v) is 15.6. The van der Waals surface area contributed by atoms with Crippen molar-refractivity contribution in [2.24, 2.45) is 0 Å². The molecule has 0 radical (unpaired) electrons. The predicted octanol–water partition coefficient (Wildman–Crippen LogP) is 1.37. The summed E-state index contributed by atoms with van der Waals surface area (Å²) in [6.07, 6.45) is -4.05. The first-order valence-electron chi connectivity index (χ1n) is 7.91. The van der Waals surface area contributed by atoms with Crippen LogP contribution in [0.3, 0.4) is 0 Å². The van der Waals surface area contributed by atoms with Gasteiger partial charge in [0.05, 0.1) is 11.9 Å². The number of carboxylic acids is 1. The van der Waals surface area contributed by atoms with Crippen molar-refractivity contribution in [3.8, 4) is 0 Å². The summed E-state index contributed by atoms with van der Waals surface area (Å²) in [5.41, 5.74) is 3.94. The third-order valence-corrected chi connectivity index (χ3v) is 4.14. The topological polar surface area (TPSA) is 103 Å². The van der Waals surface area contributed by atoms with Crippen molar-refractivity contribution < 1.29 is 36.1 Å². The van der Waals surface area contributed by atoms with Crippen LogP contribution in [-0.4, -0.2) is 31.8 Å². The maximum absolute atomic E-state index is 11.5. The number of carboxylic acid groups (broad SMARTS) is 1. The van der Waals surface area contributed by atoms with Gasteiger partial charge in [-0.15, -0.1) is 0 Å². The second-order valence-corrected chi connectivity index (χ2v) is 7.43. The van der Waals surface area contributed by atoms with E-state index in [0.29, 0.717) is 11.2 Å². The summed E-state index contributed by atoms with van der Waals surface area (Å²) in [5, 5.41) is 8.78. The standard InChI is InChI=1S/C15H15N3O2S.C2HF3O2/c1-3-18-13-9-5-4-7-11(13)16-15-12(17-21(2,19)20)8-6-10-14(15)18;3-2(4,5)1(6)7/h4-10H,3H2,1-2H3;(H,6,7). The van der Waals surface area contributed by atoms with Crippen LogP contribution in [0.25, 0.3) is 22.1 Å². The Morgan fingerprint density at radius 3 is 2.25 bits per heavy atom. The molecule has 0 spiro atoms. The van der Waals surface area contributed by atoms with E-state index in [1.165, 1.54) is 0 Å². The smallest absolute Gasteiger partial charge is 0.430 e. The van der Waals surface area contributed by atoms with Crippen LogP contribution in [0.1, 0.15) is 6.92 Å². The van der Waals surface area contributed by atoms with E-state index in [-0.39, 0.29) is 0 Å². The molecule has 0 atom stereocenters. The lowest BCUT2D eigenvalue weighted by Gasteiger charge is -2.08. The second kappa shape index (κ2) is 7.97. The minimum Gasteiger partial charge on any atom is -0.542 e. The van der Waals surface area contributed by atoms with E-state index < -0.39 is 22.2 Å². The average Bonchev–Trinajstić information content (AvgIpc) is 2.58. The Labute approximate surface area is 158 Å². The molecule has 0 bridgehead atoms. The van der Waals surface area contributed by atoms with Crippen molar-refractivity contribution in [1.29, 1.82) is 0 Å². The highest BCUT2D eigenvalue weighted by Crippen LogP contribution is 2.22. The van der Waals surface area contributed by atoms with E-state index >= 15 is 0 Å². The maximum Gasteiger partial charge on any atom is 0.430 e. The number of carbonyl (C=O) groups excluding carboxylic acids is 1. The summed E-state index contributed by atoms with van der Waals surface area (Å²) in [4.78, 5) is 13.4. The molecule has 2 aromatic carbocycles. The van der Waals surface area contributed by atoms with Crippen LogP contribution in [0.2, 0.25) is 0 Å². The summed E-state index contributed by atoms with van der Waals surface area (Å²) in [7, 11) is -3.34. The fourth-order valence-corrected chi connectivity index (χ4v) is 3.09. The Hall–Kier alpha value is -2.95. The predicted molar refractivity (Wildman–Crippen MR) is 94.6 cm³/mol. The van der Waals surface area contributed by atoms with Crippen molar-refractivity contribution in [3.05, 3.63) is 42.5 Å². The number of alkyl halides is 3. The second-order valence-electron chi connectivity index (χ2n) is 5.68. The Bertz CT molecular complexity index is 1130. The zero-order chi connectivity index (χ0) is 21.1. The summed E-state index contributed by atoms with van der Waals surface area (Å²) in [5.74, 6) is -3.01. The Morgan fingerprint density at radius 1 is 1.14 bits per heavy atom. The van der Waals surface area contributed by atoms with Crippen molar-refractivity contribution in [3.63, 3.8) is 0 Å². The van der Waals surface area contributed by atoms with Gasteiger partial charge in [0.15, 0.2) is 5.52 Å². The highest BCUT2D eigenvalue weighted by molar-refractivity contribution is 7.92. The summed E-state index contributed by atoms with van der Waals surface area (Å²) < 4.78 is 59.2. The molecule has 11 heteroatoms. The van der Waals surface area contributed by atoms with Gasteiger partial charge in [-0.1, -0.05) is 18.2 Å². The van der Waals surface area contributed by atoms with E-state index in [1.807, 2.05) is 36.4 Å². The quantitative estimate of drug-likeness (QED) is 0.514. The largest absolute Gasteiger partial charge is 0.542 e. The number of aryl methyl sites for hydroxylation is 1. The molecule has 0 amide bonds. The number of benzene rings is 2. The molecule has 1 heterocycles. The molecular weight excluding hydrogens is 399 g/mol. The SMILES string of the molecule is CC[n+]1c2ccccc2nc2c(NS(C)(=O)=O)cccc21.O=C([O-])C(F)(F)F. The van der Waals surface area contributed by atoms with E-state index in [2.05, 4.69) is 21.2 Å².